The summed E-state index contributed by atoms with van der Waals surface area (Å²) in [5, 5.41) is 12.8. The Labute approximate surface area is 285 Å². The quantitative estimate of drug-likeness (QED) is 0.1000. The molecule has 1 aliphatic heterocycles. The number of aromatic nitrogens is 1. The molecule has 0 amide bonds. The van der Waals surface area contributed by atoms with E-state index in [0.717, 1.165) is 11.3 Å². The Kier molecular flexibility index (Phi) is 10.3. The van der Waals surface area contributed by atoms with E-state index in [1.165, 1.54) is 10.6 Å². The number of ether oxygens (including phenoxy) is 3. The molecule has 1 aromatic heterocycles. The molecular formula is C32H26BrCl2N3O7S. The topological polar surface area (TPSA) is 122 Å². The summed E-state index contributed by atoms with van der Waals surface area (Å²) >= 11 is 16.6. The van der Waals surface area contributed by atoms with Crippen LogP contribution in [-0.4, -0.2) is 28.7 Å². The first-order chi connectivity index (χ1) is 22.0. The van der Waals surface area contributed by atoms with E-state index in [2.05, 4.69) is 20.9 Å². The van der Waals surface area contributed by atoms with Gasteiger partial charge in [-0.1, -0.05) is 52.7 Å². The molecule has 46 heavy (non-hydrogen) atoms. The second-order valence-electron chi connectivity index (χ2n) is 9.95. The van der Waals surface area contributed by atoms with Crippen molar-refractivity contribution in [3.63, 3.8) is 0 Å². The van der Waals surface area contributed by atoms with E-state index >= 15 is 0 Å². The van der Waals surface area contributed by atoms with Gasteiger partial charge in [-0.05, 0) is 89.8 Å². The Balaban J connectivity index is 1.58. The van der Waals surface area contributed by atoms with Gasteiger partial charge in [-0.2, -0.15) is 0 Å². The van der Waals surface area contributed by atoms with Gasteiger partial charge in [-0.3, -0.25) is 19.5 Å². The van der Waals surface area contributed by atoms with Crippen molar-refractivity contribution >= 4 is 68.2 Å². The number of rotatable bonds is 10. The molecule has 3 aromatic carbocycles. The molecule has 0 fully saturated rings. The standard InChI is InChI=1S/C32H26BrCl2N3O7S/c1-4-43-21-9-7-20(8-10-21)28-27(31(40)44-5-2)17(3)36-32-37(28)30(39)26(46-32)15-19-12-22(33)29(25(14-19)38(41)42)45-16-18-6-11-23(34)24(35)13-18/h6-15,28H,4-5,16H2,1-3H3/b26-15-/t28-/m1/s1. The number of nitro groups is 1. The molecule has 1 atom stereocenters. The molecule has 0 saturated heterocycles. The maximum atomic E-state index is 14.0. The molecule has 238 valence electrons. The summed E-state index contributed by atoms with van der Waals surface area (Å²) in [4.78, 5) is 43.6. The highest BCUT2D eigenvalue weighted by Crippen LogP contribution is 2.38. The predicted molar refractivity (Wildman–Crippen MR) is 180 cm³/mol. The molecular weight excluding hydrogens is 721 g/mol. The van der Waals surface area contributed by atoms with Crippen molar-refractivity contribution in [1.29, 1.82) is 0 Å². The van der Waals surface area contributed by atoms with Crippen molar-refractivity contribution in [2.45, 2.75) is 33.4 Å². The van der Waals surface area contributed by atoms with Crippen LogP contribution in [0.4, 0.5) is 5.69 Å². The van der Waals surface area contributed by atoms with Crippen LogP contribution in [0.5, 0.6) is 11.5 Å². The van der Waals surface area contributed by atoms with Gasteiger partial charge in [0.2, 0.25) is 5.75 Å². The maximum Gasteiger partial charge on any atom is 0.338 e. The number of nitro benzene ring substituents is 1. The largest absolute Gasteiger partial charge is 0.494 e. The molecule has 2 heterocycles. The second-order valence-corrected chi connectivity index (χ2v) is 12.6. The number of hydrogen-bond acceptors (Lipinski definition) is 9. The highest BCUT2D eigenvalue weighted by Gasteiger charge is 2.33. The predicted octanol–water partition coefficient (Wildman–Crippen LogP) is 6.75. The van der Waals surface area contributed by atoms with E-state index in [1.54, 1.807) is 68.5 Å². The van der Waals surface area contributed by atoms with Gasteiger partial charge in [0.25, 0.3) is 5.56 Å². The van der Waals surface area contributed by atoms with Crippen molar-refractivity contribution in [3.05, 3.63) is 127 Å². The third-order valence-corrected chi connectivity index (χ3v) is 9.24. The average Bonchev–Trinajstić information content (AvgIpc) is 3.31. The molecule has 0 bridgehead atoms. The lowest BCUT2D eigenvalue weighted by Gasteiger charge is -2.24. The minimum atomic E-state index is -0.814. The van der Waals surface area contributed by atoms with E-state index in [0.29, 0.717) is 54.1 Å². The molecule has 0 saturated carbocycles. The number of nitrogens with zero attached hydrogens (tertiary/aromatic N) is 3. The molecule has 0 aliphatic carbocycles. The molecule has 1 aliphatic rings. The Morgan fingerprint density at radius 1 is 1.09 bits per heavy atom. The molecule has 10 nitrogen and oxygen atoms in total. The zero-order chi connectivity index (χ0) is 33.1. The zero-order valence-corrected chi connectivity index (χ0v) is 28.6. The lowest BCUT2D eigenvalue weighted by Crippen LogP contribution is -2.39. The van der Waals surface area contributed by atoms with Gasteiger partial charge >= 0.3 is 11.7 Å². The summed E-state index contributed by atoms with van der Waals surface area (Å²) in [5.41, 5.74) is 1.65. The van der Waals surface area contributed by atoms with Gasteiger partial charge in [0.15, 0.2) is 4.80 Å². The summed E-state index contributed by atoms with van der Waals surface area (Å²) < 4.78 is 18.8. The van der Waals surface area contributed by atoms with Crippen LogP contribution in [0.1, 0.15) is 43.5 Å². The van der Waals surface area contributed by atoms with Crippen molar-refractivity contribution in [3.8, 4) is 11.5 Å². The number of halogens is 3. The number of carbonyl (C=O) groups excluding carboxylic acids is 1. The molecule has 0 spiro atoms. The van der Waals surface area contributed by atoms with Crippen LogP contribution in [0, 0.1) is 10.1 Å². The zero-order valence-electron chi connectivity index (χ0n) is 24.7. The lowest BCUT2D eigenvalue weighted by molar-refractivity contribution is -0.386. The van der Waals surface area contributed by atoms with E-state index in [9.17, 15) is 19.7 Å². The molecule has 14 heteroatoms. The van der Waals surface area contributed by atoms with E-state index in [-0.39, 0.29) is 34.8 Å². The first kappa shape index (κ1) is 33.4. The monoisotopic (exact) mass is 745 g/mol. The summed E-state index contributed by atoms with van der Waals surface area (Å²) in [7, 11) is 0. The SMILES string of the molecule is CCOC(=O)C1=C(C)N=c2s/c(=C\c3cc(Br)c(OCc4ccc(Cl)c(Cl)c4)c([N+](=O)[O-])c3)c(=O)n2[C@@H]1c1ccc(OCC)cc1. The first-order valence-corrected chi connectivity index (χ1v) is 16.4. The normalized spacial score (nSPS) is 14.5. The highest BCUT2D eigenvalue weighted by atomic mass is 79.9. The third-order valence-electron chi connectivity index (χ3n) is 6.93. The smallest absolute Gasteiger partial charge is 0.338 e. The fourth-order valence-corrected chi connectivity index (χ4v) is 6.87. The van der Waals surface area contributed by atoms with Crippen molar-refractivity contribution < 1.29 is 23.9 Å². The van der Waals surface area contributed by atoms with Gasteiger partial charge in [-0.15, -0.1) is 0 Å². The van der Waals surface area contributed by atoms with Crippen molar-refractivity contribution in [2.24, 2.45) is 4.99 Å². The van der Waals surface area contributed by atoms with Crippen LogP contribution in [0.15, 0.2) is 80.1 Å². The molecule has 5 rings (SSSR count). The Hall–Kier alpha value is -3.97. The van der Waals surface area contributed by atoms with Crippen molar-refractivity contribution in [1.82, 2.24) is 4.57 Å². The maximum absolute atomic E-state index is 14.0. The third kappa shape index (κ3) is 6.90. The fourth-order valence-electron chi connectivity index (χ4n) is 4.92. The fraction of sp³-hybridized carbons (Fsp3) is 0.219. The van der Waals surface area contributed by atoms with Crippen LogP contribution in [0.25, 0.3) is 6.08 Å². The second kappa shape index (κ2) is 14.2. The number of fused-ring (bicyclic) bond motifs is 1. The Morgan fingerprint density at radius 3 is 2.48 bits per heavy atom. The molecule has 0 radical (unpaired) electrons. The lowest BCUT2D eigenvalue weighted by atomic mass is 9.96. The van der Waals surface area contributed by atoms with E-state index in [4.69, 9.17) is 37.4 Å². The van der Waals surface area contributed by atoms with Gasteiger partial charge < -0.3 is 14.2 Å². The number of hydrogen-bond donors (Lipinski definition) is 0. The summed E-state index contributed by atoms with van der Waals surface area (Å²) in [5.74, 6) is 0.0846. The molecule has 4 aromatic rings. The minimum absolute atomic E-state index is 0.00196. The summed E-state index contributed by atoms with van der Waals surface area (Å²) in [6, 6.07) is 14.2. The Bertz CT molecular complexity index is 2060. The van der Waals surface area contributed by atoms with Gasteiger partial charge in [-0.25, -0.2) is 9.79 Å². The number of carbonyl (C=O) groups is 1. The van der Waals surface area contributed by atoms with Gasteiger partial charge in [0.05, 0.1) is 54.5 Å². The minimum Gasteiger partial charge on any atom is -0.494 e. The van der Waals surface area contributed by atoms with Crippen LogP contribution in [0.3, 0.4) is 0 Å². The number of thiazole rings is 1. The highest BCUT2D eigenvalue weighted by molar-refractivity contribution is 9.10. The average molecular weight is 747 g/mol. The van der Waals surface area contributed by atoms with Gasteiger partial charge in [0, 0.05) is 6.07 Å². The van der Waals surface area contributed by atoms with Crippen molar-refractivity contribution in [2.75, 3.05) is 13.2 Å². The number of esters is 1. The Morgan fingerprint density at radius 2 is 1.83 bits per heavy atom. The summed E-state index contributed by atoms with van der Waals surface area (Å²) in [6.45, 7) is 5.92. The molecule has 0 N–H and O–H groups in total. The van der Waals surface area contributed by atoms with Crippen LogP contribution >= 0.6 is 50.5 Å². The van der Waals surface area contributed by atoms with E-state index in [1.807, 2.05) is 6.92 Å². The van der Waals surface area contributed by atoms with Crippen LogP contribution < -0.4 is 24.4 Å². The first-order valence-electron chi connectivity index (χ1n) is 14.0. The van der Waals surface area contributed by atoms with Crippen LogP contribution in [0.2, 0.25) is 10.0 Å². The number of benzene rings is 3. The van der Waals surface area contributed by atoms with Gasteiger partial charge in [0.1, 0.15) is 12.4 Å². The van der Waals surface area contributed by atoms with Crippen LogP contribution in [-0.2, 0) is 16.1 Å². The molecule has 0 unspecified atom stereocenters. The van der Waals surface area contributed by atoms with E-state index < -0.39 is 22.5 Å². The summed E-state index contributed by atoms with van der Waals surface area (Å²) in [6.07, 6.45) is 1.54. The number of allylic oxidation sites excluding steroid dienone is 1.